The van der Waals surface area contributed by atoms with Gasteiger partial charge in [-0.1, -0.05) is 34.1 Å². The molecule has 2 aromatic carbocycles. The van der Waals surface area contributed by atoms with Gasteiger partial charge in [0, 0.05) is 15.2 Å². The maximum absolute atomic E-state index is 9.18. The van der Waals surface area contributed by atoms with E-state index in [4.69, 9.17) is 4.42 Å². The maximum Gasteiger partial charge on any atom is 0.488 e. The van der Waals surface area contributed by atoms with E-state index in [1.165, 1.54) is 0 Å². The van der Waals surface area contributed by atoms with Crippen LogP contribution in [0.5, 0.6) is 0 Å². The minimum Gasteiger partial charge on any atom is -0.456 e. The maximum atomic E-state index is 9.18. The predicted molar refractivity (Wildman–Crippen MR) is 71.2 cm³/mol. The van der Waals surface area contributed by atoms with Crippen molar-refractivity contribution in [3.05, 3.63) is 40.9 Å². The summed E-state index contributed by atoms with van der Waals surface area (Å²) in [4.78, 5) is 0. The Morgan fingerprint density at radius 2 is 1.88 bits per heavy atom. The average molecular weight is 291 g/mol. The topological polar surface area (TPSA) is 53.6 Å². The van der Waals surface area contributed by atoms with E-state index in [0.717, 1.165) is 26.4 Å². The lowest BCUT2D eigenvalue weighted by Crippen LogP contribution is -2.29. The summed E-state index contributed by atoms with van der Waals surface area (Å²) in [6, 6.07) is 10.8. The second-order valence-corrected chi connectivity index (χ2v) is 4.70. The largest absolute Gasteiger partial charge is 0.488 e. The predicted octanol–water partition coefficient (Wildman–Crippen LogP) is 2.03. The van der Waals surface area contributed by atoms with Crippen molar-refractivity contribution in [2.75, 3.05) is 0 Å². The standard InChI is InChI=1S/C12H8BBrO3/c14-9-2-1-3-11-12(9)8-6-7(13(15)16)4-5-10(8)17-11/h1-6,15-16H. The highest BCUT2D eigenvalue weighted by molar-refractivity contribution is 9.10. The summed E-state index contributed by atoms with van der Waals surface area (Å²) in [7, 11) is -1.47. The highest BCUT2D eigenvalue weighted by Crippen LogP contribution is 2.33. The van der Waals surface area contributed by atoms with Crippen molar-refractivity contribution < 1.29 is 14.5 Å². The molecule has 0 aliphatic rings. The number of hydrogen-bond donors (Lipinski definition) is 2. The van der Waals surface area contributed by atoms with Gasteiger partial charge in [0.1, 0.15) is 11.2 Å². The molecule has 0 unspecified atom stereocenters. The van der Waals surface area contributed by atoms with E-state index < -0.39 is 7.12 Å². The minimum atomic E-state index is -1.47. The van der Waals surface area contributed by atoms with Gasteiger partial charge in [-0.3, -0.25) is 0 Å². The number of halogens is 1. The highest BCUT2D eigenvalue weighted by Gasteiger charge is 2.15. The molecule has 0 saturated carbocycles. The van der Waals surface area contributed by atoms with Gasteiger partial charge in [0.05, 0.1) is 0 Å². The molecule has 3 rings (SSSR count). The molecule has 0 aliphatic carbocycles. The lowest BCUT2D eigenvalue weighted by Gasteiger charge is -1.98. The SMILES string of the molecule is OB(O)c1ccc2oc3cccc(Br)c3c2c1. The van der Waals surface area contributed by atoms with E-state index in [9.17, 15) is 10.0 Å². The summed E-state index contributed by atoms with van der Waals surface area (Å²) in [5, 5.41) is 20.2. The molecule has 0 amide bonds. The molecule has 1 aromatic heterocycles. The third-order valence-electron chi connectivity index (χ3n) is 2.77. The lowest BCUT2D eigenvalue weighted by atomic mass is 9.80. The van der Waals surface area contributed by atoms with Crippen molar-refractivity contribution in [2.24, 2.45) is 0 Å². The Hall–Kier alpha value is -1.30. The molecule has 1 heterocycles. The normalized spacial score (nSPS) is 11.2. The van der Waals surface area contributed by atoms with Gasteiger partial charge in [-0.05, 0) is 23.7 Å². The van der Waals surface area contributed by atoms with E-state index in [1.807, 2.05) is 18.2 Å². The van der Waals surface area contributed by atoms with Gasteiger partial charge in [-0.15, -0.1) is 0 Å². The molecule has 84 valence electrons. The smallest absolute Gasteiger partial charge is 0.456 e. The van der Waals surface area contributed by atoms with Gasteiger partial charge >= 0.3 is 7.12 Å². The number of furan rings is 1. The Labute approximate surface area is 106 Å². The molecule has 0 spiro atoms. The Bertz CT molecular complexity index is 705. The summed E-state index contributed by atoms with van der Waals surface area (Å²) in [5.41, 5.74) is 1.96. The molecule has 0 bridgehead atoms. The summed E-state index contributed by atoms with van der Waals surface area (Å²) >= 11 is 3.47. The fourth-order valence-electron chi connectivity index (χ4n) is 1.96. The van der Waals surface area contributed by atoms with Crippen LogP contribution < -0.4 is 5.46 Å². The van der Waals surface area contributed by atoms with Gasteiger partial charge in [0.2, 0.25) is 0 Å². The molecule has 0 fully saturated rings. The molecule has 17 heavy (non-hydrogen) atoms. The number of fused-ring (bicyclic) bond motifs is 3. The monoisotopic (exact) mass is 290 g/mol. The van der Waals surface area contributed by atoms with E-state index in [1.54, 1.807) is 18.2 Å². The molecule has 0 aliphatic heterocycles. The van der Waals surface area contributed by atoms with E-state index in [0.29, 0.717) is 5.46 Å². The van der Waals surface area contributed by atoms with Gasteiger partial charge in [-0.25, -0.2) is 0 Å². The molecule has 3 aromatic rings. The highest BCUT2D eigenvalue weighted by atomic mass is 79.9. The fourth-order valence-corrected chi connectivity index (χ4v) is 2.52. The van der Waals surface area contributed by atoms with Crippen LogP contribution >= 0.6 is 15.9 Å². The van der Waals surface area contributed by atoms with Gasteiger partial charge < -0.3 is 14.5 Å². The summed E-state index contributed by atoms with van der Waals surface area (Å²) < 4.78 is 6.60. The zero-order chi connectivity index (χ0) is 12.0. The Kier molecular flexibility index (Phi) is 2.47. The van der Waals surface area contributed by atoms with Crippen molar-refractivity contribution in [2.45, 2.75) is 0 Å². The zero-order valence-corrected chi connectivity index (χ0v) is 10.3. The van der Waals surface area contributed by atoms with Crippen molar-refractivity contribution in [3.63, 3.8) is 0 Å². The third-order valence-corrected chi connectivity index (χ3v) is 3.43. The minimum absolute atomic E-state index is 0.455. The molecule has 0 radical (unpaired) electrons. The van der Waals surface area contributed by atoms with Crippen molar-refractivity contribution >= 4 is 50.4 Å². The summed E-state index contributed by atoms with van der Waals surface area (Å²) in [6.45, 7) is 0. The van der Waals surface area contributed by atoms with E-state index >= 15 is 0 Å². The van der Waals surface area contributed by atoms with Crippen molar-refractivity contribution in [1.82, 2.24) is 0 Å². The Morgan fingerprint density at radius 3 is 2.65 bits per heavy atom. The van der Waals surface area contributed by atoms with E-state index in [2.05, 4.69) is 15.9 Å². The molecular weight excluding hydrogens is 283 g/mol. The van der Waals surface area contributed by atoms with Crippen LogP contribution in [-0.2, 0) is 0 Å². The van der Waals surface area contributed by atoms with Gasteiger partial charge in [0.25, 0.3) is 0 Å². The first-order chi connectivity index (χ1) is 8.16. The number of benzene rings is 2. The first-order valence-corrected chi connectivity index (χ1v) is 5.93. The second kappa shape index (κ2) is 3.87. The Balaban J connectivity index is 2.44. The first kappa shape index (κ1) is 10.8. The van der Waals surface area contributed by atoms with Crippen LogP contribution in [0.25, 0.3) is 21.9 Å². The van der Waals surface area contributed by atoms with Crippen LogP contribution in [0, 0.1) is 0 Å². The number of hydrogen-bond acceptors (Lipinski definition) is 3. The lowest BCUT2D eigenvalue weighted by molar-refractivity contribution is 0.426. The fraction of sp³-hybridized carbons (Fsp3) is 0. The van der Waals surface area contributed by atoms with E-state index in [-0.39, 0.29) is 0 Å². The second-order valence-electron chi connectivity index (χ2n) is 3.84. The van der Waals surface area contributed by atoms with Crippen LogP contribution in [0.1, 0.15) is 0 Å². The number of rotatable bonds is 1. The van der Waals surface area contributed by atoms with Crippen LogP contribution in [0.2, 0.25) is 0 Å². The zero-order valence-electron chi connectivity index (χ0n) is 8.72. The third kappa shape index (κ3) is 1.67. The molecule has 2 N–H and O–H groups in total. The van der Waals surface area contributed by atoms with Crippen LogP contribution in [0.4, 0.5) is 0 Å². The molecule has 5 heteroatoms. The van der Waals surface area contributed by atoms with Crippen LogP contribution in [-0.4, -0.2) is 17.2 Å². The van der Waals surface area contributed by atoms with Crippen LogP contribution in [0.3, 0.4) is 0 Å². The Morgan fingerprint density at radius 1 is 1.06 bits per heavy atom. The van der Waals surface area contributed by atoms with Gasteiger partial charge in [0.15, 0.2) is 0 Å². The molecular formula is C12H8BBrO3. The molecule has 0 saturated heterocycles. The summed E-state index contributed by atoms with van der Waals surface area (Å²) in [6.07, 6.45) is 0. The molecule has 0 atom stereocenters. The summed E-state index contributed by atoms with van der Waals surface area (Å²) in [5.74, 6) is 0. The van der Waals surface area contributed by atoms with Gasteiger partial charge in [-0.2, -0.15) is 0 Å². The average Bonchev–Trinajstić information content (AvgIpc) is 2.67. The van der Waals surface area contributed by atoms with Crippen molar-refractivity contribution in [3.8, 4) is 0 Å². The first-order valence-electron chi connectivity index (χ1n) is 5.13. The van der Waals surface area contributed by atoms with Crippen LogP contribution in [0.15, 0.2) is 45.3 Å². The molecule has 3 nitrogen and oxygen atoms in total. The van der Waals surface area contributed by atoms with Crippen molar-refractivity contribution in [1.29, 1.82) is 0 Å². The quantitative estimate of drug-likeness (QED) is 0.674.